The average molecular weight is 220 g/mol. The molecule has 3 N–H and O–H groups in total. The van der Waals surface area contributed by atoms with E-state index in [1.54, 1.807) is 24.8 Å². The first-order valence-corrected chi connectivity index (χ1v) is 4.81. The maximum Gasteiger partial charge on any atom is 0.239 e. The molecule has 6 heteroatoms. The van der Waals surface area contributed by atoms with Crippen LogP contribution in [0.1, 0.15) is 5.56 Å². The van der Waals surface area contributed by atoms with Crippen molar-refractivity contribution in [1.29, 1.82) is 0 Å². The summed E-state index contributed by atoms with van der Waals surface area (Å²) >= 11 is 0. The molecule has 2 aromatic rings. The van der Waals surface area contributed by atoms with Crippen LogP contribution in [0.4, 0.5) is 5.82 Å². The second-order valence-electron chi connectivity index (χ2n) is 3.35. The number of carbonyl (C=O) groups excluding carboxylic acids is 1. The highest BCUT2D eigenvalue weighted by Gasteiger charge is 2.01. The Bertz CT molecular complexity index is 461. The van der Waals surface area contributed by atoms with Gasteiger partial charge >= 0.3 is 0 Å². The smallest absolute Gasteiger partial charge is 0.239 e. The lowest BCUT2D eigenvalue weighted by Gasteiger charge is -1.99. The van der Waals surface area contributed by atoms with E-state index in [0.29, 0.717) is 12.4 Å². The predicted octanol–water partition coefficient (Wildman–Crippen LogP) is 0.573. The van der Waals surface area contributed by atoms with Crippen LogP contribution in [0.25, 0.3) is 0 Å². The minimum Gasteiger partial charge on any atom is -0.472 e. The largest absolute Gasteiger partial charge is 0.472 e. The summed E-state index contributed by atoms with van der Waals surface area (Å²) in [7, 11) is 0. The van der Waals surface area contributed by atoms with Crippen LogP contribution in [0, 0.1) is 0 Å². The molecule has 0 saturated heterocycles. The number of amides is 1. The molecule has 0 aromatic carbocycles. The molecule has 2 rings (SSSR count). The van der Waals surface area contributed by atoms with Gasteiger partial charge in [-0.05, 0) is 6.07 Å². The lowest BCUT2D eigenvalue weighted by Crippen LogP contribution is -2.19. The molecule has 0 unspecified atom stereocenters. The van der Waals surface area contributed by atoms with Crippen molar-refractivity contribution in [2.75, 3.05) is 5.32 Å². The van der Waals surface area contributed by atoms with Crippen LogP contribution in [0.2, 0.25) is 0 Å². The predicted molar refractivity (Wildman–Crippen MR) is 57.5 cm³/mol. The van der Waals surface area contributed by atoms with E-state index in [0.717, 1.165) is 5.56 Å². The number of anilines is 1. The second-order valence-corrected chi connectivity index (χ2v) is 3.35. The molecule has 16 heavy (non-hydrogen) atoms. The molecule has 0 saturated carbocycles. The molecule has 0 radical (unpaired) electrons. The van der Waals surface area contributed by atoms with E-state index < -0.39 is 5.91 Å². The molecule has 1 amide bonds. The molecule has 0 aliphatic heterocycles. The van der Waals surface area contributed by atoms with Crippen molar-refractivity contribution in [1.82, 2.24) is 9.78 Å². The molecule has 84 valence electrons. The fraction of sp³-hybridized carbons (Fsp3) is 0.200. The molecule has 0 spiro atoms. The van der Waals surface area contributed by atoms with E-state index in [4.69, 9.17) is 10.2 Å². The van der Waals surface area contributed by atoms with Gasteiger partial charge in [0.05, 0.1) is 12.5 Å². The Kier molecular flexibility index (Phi) is 2.90. The summed E-state index contributed by atoms with van der Waals surface area (Å²) in [5.74, 6) is 0.284. The zero-order chi connectivity index (χ0) is 11.4. The van der Waals surface area contributed by atoms with Crippen LogP contribution in [-0.4, -0.2) is 15.7 Å². The molecule has 2 aromatic heterocycles. The maximum absolute atomic E-state index is 10.7. The number of primary amides is 1. The van der Waals surface area contributed by atoms with E-state index in [2.05, 4.69) is 10.4 Å². The first-order valence-electron chi connectivity index (χ1n) is 4.81. The number of nitrogens with zero attached hydrogens (tertiary/aromatic N) is 2. The van der Waals surface area contributed by atoms with Gasteiger partial charge in [-0.25, -0.2) is 0 Å². The van der Waals surface area contributed by atoms with Crippen LogP contribution in [0.5, 0.6) is 0 Å². The van der Waals surface area contributed by atoms with Crippen LogP contribution in [0.15, 0.2) is 35.3 Å². The van der Waals surface area contributed by atoms with E-state index in [1.807, 2.05) is 6.07 Å². The number of carbonyl (C=O) groups is 1. The fourth-order valence-electron chi connectivity index (χ4n) is 1.29. The first-order chi connectivity index (χ1) is 7.74. The number of furan rings is 1. The van der Waals surface area contributed by atoms with Gasteiger partial charge in [0, 0.05) is 24.4 Å². The third-order valence-electron chi connectivity index (χ3n) is 2.01. The van der Waals surface area contributed by atoms with Crippen molar-refractivity contribution in [3.8, 4) is 0 Å². The minimum atomic E-state index is -0.413. The summed E-state index contributed by atoms with van der Waals surface area (Å²) in [6.07, 6.45) is 4.97. The van der Waals surface area contributed by atoms with E-state index in [-0.39, 0.29) is 6.54 Å². The van der Waals surface area contributed by atoms with Gasteiger partial charge < -0.3 is 15.5 Å². The monoisotopic (exact) mass is 220 g/mol. The lowest BCUT2D eigenvalue weighted by molar-refractivity contribution is -0.118. The molecule has 0 bridgehead atoms. The molecule has 0 atom stereocenters. The lowest BCUT2D eigenvalue weighted by atomic mass is 10.3. The number of nitrogens with one attached hydrogen (secondary N) is 1. The normalized spacial score (nSPS) is 10.2. The molecule has 2 heterocycles. The third kappa shape index (κ3) is 2.63. The summed E-state index contributed by atoms with van der Waals surface area (Å²) in [5.41, 5.74) is 6.08. The van der Waals surface area contributed by atoms with Gasteiger partial charge in [0.15, 0.2) is 0 Å². The maximum atomic E-state index is 10.7. The van der Waals surface area contributed by atoms with E-state index >= 15 is 0 Å². The van der Waals surface area contributed by atoms with Crippen molar-refractivity contribution < 1.29 is 9.21 Å². The van der Waals surface area contributed by atoms with Gasteiger partial charge in [-0.15, -0.1) is 0 Å². The number of rotatable bonds is 5. The topological polar surface area (TPSA) is 86.1 Å². The Balaban J connectivity index is 1.90. The van der Waals surface area contributed by atoms with Gasteiger partial charge in [0.25, 0.3) is 0 Å². The summed E-state index contributed by atoms with van der Waals surface area (Å²) in [5, 5.41) is 7.22. The first kappa shape index (κ1) is 10.3. The molecule has 6 nitrogen and oxygen atoms in total. The quantitative estimate of drug-likeness (QED) is 0.771. The second kappa shape index (κ2) is 4.52. The van der Waals surface area contributed by atoms with Crippen LogP contribution in [0.3, 0.4) is 0 Å². The van der Waals surface area contributed by atoms with Crippen LogP contribution >= 0.6 is 0 Å². The zero-order valence-electron chi connectivity index (χ0n) is 8.59. The zero-order valence-corrected chi connectivity index (χ0v) is 8.59. The summed E-state index contributed by atoms with van der Waals surface area (Å²) in [4.78, 5) is 10.7. The van der Waals surface area contributed by atoms with Crippen molar-refractivity contribution in [3.05, 3.63) is 36.4 Å². The number of hydrogen-bond acceptors (Lipinski definition) is 4. The Morgan fingerprint density at radius 1 is 1.56 bits per heavy atom. The third-order valence-corrected chi connectivity index (χ3v) is 2.01. The molecular formula is C10H12N4O2. The van der Waals surface area contributed by atoms with Crippen molar-refractivity contribution >= 4 is 11.7 Å². The van der Waals surface area contributed by atoms with Gasteiger partial charge in [-0.3, -0.25) is 9.48 Å². The van der Waals surface area contributed by atoms with Gasteiger partial charge in [0.1, 0.15) is 12.4 Å². The minimum absolute atomic E-state index is 0.0907. The van der Waals surface area contributed by atoms with Crippen molar-refractivity contribution in [2.45, 2.75) is 13.1 Å². The Morgan fingerprint density at radius 3 is 3.12 bits per heavy atom. The summed E-state index contributed by atoms with van der Waals surface area (Å²) in [6, 6.07) is 3.65. The van der Waals surface area contributed by atoms with Crippen molar-refractivity contribution in [3.63, 3.8) is 0 Å². The Labute approximate surface area is 92.0 Å². The van der Waals surface area contributed by atoms with Crippen LogP contribution < -0.4 is 11.1 Å². The Morgan fingerprint density at radius 2 is 2.44 bits per heavy atom. The highest BCUT2D eigenvalue weighted by Crippen LogP contribution is 2.06. The van der Waals surface area contributed by atoms with Gasteiger partial charge in [0.2, 0.25) is 5.91 Å². The average Bonchev–Trinajstić information content (AvgIpc) is 2.84. The van der Waals surface area contributed by atoms with Gasteiger partial charge in [-0.1, -0.05) is 0 Å². The highest BCUT2D eigenvalue weighted by molar-refractivity contribution is 5.73. The van der Waals surface area contributed by atoms with Gasteiger partial charge in [-0.2, -0.15) is 5.10 Å². The van der Waals surface area contributed by atoms with E-state index in [1.165, 1.54) is 4.68 Å². The molecule has 0 aliphatic rings. The summed E-state index contributed by atoms with van der Waals surface area (Å²) < 4.78 is 6.42. The molecule has 0 aliphatic carbocycles. The fourth-order valence-corrected chi connectivity index (χ4v) is 1.29. The molecule has 0 fully saturated rings. The standard InChI is InChI=1S/C10H12N4O2/c11-9(15)6-14-3-1-10(13-14)12-5-8-2-4-16-7-8/h1-4,7H,5-6H2,(H2,11,15)(H,12,13). The number of nitrogens with two attached hydrogens (primary N) is 1. The SMILES string of the molecule is NC(=O)Cn1ccc(NCc2ccoc2)n1. The van der Waals surface area contributed by atoms with Crippen LogP contribution in [-0.2, 0) is 17.9 Å². The van der Waals surface area contributed by atoms with E-state index in [9.17, 15) is 4.79 Å². The highest BCUT2D eigenvalue weighted by atomic mass is 16.3. The molecular weight excluding hydrogens is 208 g/mol. The number of aromatic nitrogens is 2. The Hall–Kier alpha value is -2.24. The number of hydrogen-bond donors (Lipinski definition) is 2. The van der Waals surface area contributed by atoms with Crippen molar-refractivity contribution in [2.24, 2.45) is 5.73 Å². The summed E-state index contributed by atoms with van der Waals surface area (Å²) in [6.45, 7) is 0.720.